The van der Waals surface area contributed by atoms with Crippen molar-refractivity contribution in [3.8, 4) is 5.75 Å². The molecule has 0 saturated heterocycles. The van der Waals surface area contributed by atoms with Gasteiger partial charge in [-0.25, -0.2) is 4.79 Å². The van der Waals surface area contributed by atoms with Crippen LogP contribution in [0.25, 0.3) is 0 Å². The predicted octanol–water partition coefficient (Wildman–Crippen LogP) is 5.12. The van der Waals surface area contributed by atoms with Crippen molar-refractivity contribution >= 4 is 69.1 Å². The van der Waals surface area contributed by atoms with Gasteiger partial charge in [0.25, 0.3) is 5.91 Å². The lowest BCUT2D eigenvalue weighted by atomic mass is 10.1. The predicted molar refractivity (Wildman–Crippen MR) is 144 cm³/mol. The van der Waals surface area contributed by atoms with Crippen molar-refractivity contribution in [3.63, 3.8) is 0 Å². The molecule has 3 N–H and O–H groups in total. The van der Waals surface area contributed by atoms with Crippen molar-refractivity contribution in [2.45, 2.75) is 45.5 Å². The van der Waals surface area contributed by atoms with E-state index in [9.17, 15) is 14.4 Å². The standard InChI is InChI=1S/C23H25Cl2N5O5S2/c1-5-30-20(12(4)35-15-9-13(24)7-8-14(15)25)28-29-23(30)36-10-16(31)27-21-17(22(33)34-6-2)11(3)18(37-21)19(26)32/h7-9,12H,5-6,10H2,1-4H3,(H2,26,32)(H,27,31). The first-order valence-corrected chi connectivity index (χ1v) is 13.7. The highest BCUT2D eigenvalue weighted by molar-refractivity contribution is 7.99. The molecule has 14 heteroatoms. The Kier molecular flexibility index (Phi) is 9.82. The molecule has 2 amide bonds. The van der Waals surface area contributed by atoms with Gasteiger partial charge in [0.1, 0.15) is 10.8 Å². The van der Waals surface area contributed by atoms with Crippen LogP contribution >= 0.6 is 46.3 Å². The fraction of sp³-hybridized carbons (Fsp3) is 0.348. The second kappa shape index (κ2) is 12.6. The molecule has 2 aromatic heterocycles. The SMILES string of the molecule is CCOC(=O)c1c(NC(=O)CSc2nnc(C(C)Oc3cc(Cl)ccc3Cl)n2CC)sc(C(N)=O)c1C. The maximum Gasteiger partial charge on any atom is 0.341 e. The molecule has 37 heavy (non-hydrogen) atoms. The summed E-state index contributed by atoms with van der Waals surface area (Å²) in [5.41, 5.74) is 5.90. The largest absolute Gasteiger partial charge is 0.481 e. The number of amides is 2. The van der Waals surface area contributed by atoms with Gasteiger partial charge < -0.3 is 25.1 Å². The Hall–Kier alpha value is -2.80. The molecule has 198 valence electrons. The van der Waals surface area contributed by atoms with Crippen LogP contribution in [0.15, 0.2) is 23.4 Å². The highest BCUT2D eigenvalue weighted by Gasteiger charge is 2.26. The highest BCUT2D eigenvalue weighted by atomic mass is 35.5. The summed E-state index contributed by atoms with van der Waals surface area (Å²) in [6.45, 7) is 7.64. The molecule has 0 aliphatic rings. The van der Waals surface area contributed by atoms with Crippen LogP contribution < -0.4 is 15.8 Å². The van der Waals surface area contributed by atoms with Crippen LogP contribution in [-0.4, -0.2) is 44.9 Å². The molecule has 3 rings (SSSR count). The van der Waals surface area contributed by atoms with Gasteiger partial charge in [0, 0.05) is 17.6 Å². The van der Waals surface area contributed by atoms with Crippen LogP contribution in [-0.2, 0) is 16.1 Å². The maximum atomic E-state index is 12.8. The number of rotatable bonds is 11. The molecule has 0 spiro atoms. The molecule has 3 aromatic rings. The number of hydrogen-bond donors (Lipinski definition) is 2. The molecule has 0 saturated carbocycles. The van der Waals surface area contributed by atoms with Crippen LogP contribution in [0.4, 0.5) is 5.00 Å². The molecule has 0 fully saturated rings. The molecule has 0 aliphatic heterocycles. The van der Waals surface area contributed by atoms with E-state index in [0.717, 1.165) is 23.1 Å². The van der Waals surface area contributed by atoms with E-state index in [1.165, 1.54) is 0 Å². The van der Waals surface area contributed by atoms with Gasteiger partial charge in [-0.05, 0) is 45.4 Å². The lowest BCUT2D eigenvalue weighted by Crippen LogP contribution is -2.17. The smallest absolute Gasteiger partial charge is 0.341 e. The number of carbonyl (C=O) groups is 3. The van der Waals surface area contributed by atoms with E-state index in [1.807, 2.05) is 11.5 Å². The lowest BCUT2D eigenvalue weighted by molar-refractivity contribution is -0.113. The summed E-state index contributed by atoms with van der Waals surface area (Å²) in [7, 11) is 0. The van der Waals surface area contributed by atoms with Gasteiger partial charge in [-0.1, -0.05) is 35.0 Å². The van der Waals surface area contributed by atoms with Gasteiger partial charge in [0.15, 0.2) is 17.1 Å². The maximum absolute atomic E-state index is 12.8. The topological polar surface area (TPSA) is 138 Å². The number of nitrogens with zero attached hydrogens (tertiary/aromatic N) is 3. The number of esters is 1. The van der Waals surface area contributed by atoms with E-state index in [-0.39, 0.29) is 27.8 Å². The quantitative estimate of drug-likeness (QED) is 0.233. The van der Waals surface area contributed by atoms with E-state index < -0.39 is 23.9 Å². The number of anilines is 1. The van der Waals surface area contributed by atoms with E-state index in [1.54, 1.807) is 39.0 Å². The summed E-state index contributed by atoms with van der Waals surface area (Å²) < 4.78 is 12.9. The molecule has 1 unspecified atom stereocenters. The molecule has 0 radical (unpaired) electrons. The van der Waals surface area contributed by atoms with E-state index >= 15 is 0 Å². The summed E-state index contributed by atoms with van der Waals surface area (Å²) in [6, 6.07) is 4.93. The minimum absolute atomic E-state index is 0.0292. The third kappa shape index (κ3) is 6.75. The number of hydrogen-bond acceptors (Lipinski definition) is 9. The van der Waals surface area contributed by atoms with Crippen LogP contribution in [0, 0.1) is 6.92 Å². The summed E-state index contributed by atoms with van der Waals surface area (Å²) in [5.74, 6) is -0.808. The zero-order valence-corrected chi connectivity index (χ0v) is 23.6. The summed E-state index contributed by atoms with van der Waals surface area (Å²) in [4.78, 5) is 37.1. The Labute approximate surface area is 231 Å². The van der Waals surface area contributed by atoms with Crippen molar-refractivity contribution in [1.29, 1.82) is 0 Å². The molecule has 0 aliphatic carbocycles. The minimum Gasteiger partial charge on any atom is -0.481 e. The van der Waals surface area contributed by atoms with E-state index in [4.69, 9.17) is 38.4 Å². The number of aromatic nitrogens is 3. The van der Waals surface area contributed by atoms with Crippen molar-refractivity contribution in [1.82, 2.24) is 14.8 Å². The molecular weight excluding hydrogens is 561 g/mol. The molecule has 10 nitrogen and oxygen atoms in total. The Bertz CT molecular complexity index is 1330. The fourth-order valence-electron chi connectivity index (χ4n) is 3.39. The Morgan fingerprint density at radius 1 is 1.24 bits per heavy atom. The Balaban J connectivity index is 1.73. The number of benzene rings is 1. The monoisotopic (exact) mass is 585 g/mol. The zero-order chi connectivity index (χ0) is 27.3. The van der Waals surface area contributed by atoms with Gasteiger partial charge in [0.2, 0.25) is 5.91 Å². The summed E-state index contributed by atoms with van der Waals surface area (Å²) >= 11 is 14.3. The third-order valence-electron chi connectivity index (χ3n) is 5.06. The first-order chi connectivity index (χ1) is 17.6. The lowest BCUT2D eigenvalue weighted by Gasteiger charge is -2.16. The van der Waals surface area contributed by atoms with E-state index in [0.29, 0.717) is 38.9 Å². The average molecular weight is 587 g/mol. The Morgan fingerprint density at radius 2 is 1.97 bits per heavy atom. The van der Waals surface area contributed by atoms with E-state index in [2.05, 4.69) is 15.5 Å². The van der Waals surface area contributed by atoms with Crippen LogP contribution in [0.5, 0.6) is 5.75 Å². The molecule has 0 bridgehead atoms. The second-order valence-corrected chi connectivity index (χ2v) is 10.4. The molecule has 2 heterocycles. The number of primary amides is 1. The normalized spacial score (nSPS) is 11.7. The van der Waals surface area contributed by atoms with Gasteiger partial charge in [0.05, 0.1) is 27.8 Å². The van der Waals surface area contributed by atoms with Crippen LogP contribution in [0.3, 0.4) is 0 Å². The Morgan fingerprint density at radius 3 is 2.62 bits per heavy atom. The number of halogens is 2. The average Bonchev–Trinajstić information content (AvgIpc) is 3.40. The van der Waals surface area contributed by atoms with Crippen LogP contribution in [0.2, 0.25) is 10.0 Å². The van der Waals surface area contributed by atoms with Crippen molar-refractivity contribution in [2.24, 2.45) is 5.73 Å². The summed E-state index contributed by atoms with van der Waals surface area (Å²) in [5, 5.41) is 12.7. The fourth-order valence-corrected chi connectivity index (χ4v) is 5.59. The first-order valence-electron chi connectivity index (χ1n) is 11.1. The second-order valence-electron chi connectivity index (χ2n) is 7.60. The number of thioether (sulfide) groups is 1. The van der Waals surface area contributed by atoms with Crippen molar-refractivity contribution in [3.05, 3.63) is 50.1 Å². The molecule has 1 atom stereocenters. The number of carbonyl (C=O) groups excluding carboxylic acids is 3. The van der Waals surface area contributed by atoms with Gasteiger partial charge >= 0.3 is 5.97 Å². The third-order valence-corrected chi connectivity index (χ3v) is 7.79. The van der Waals surface area contributed by atoms with Gasteiger partial charge in [-0.3, -0.25) is 9.59 Å². The highest BCUT2D eigenvalue weighted by Crippen LogP contribution is 2.34. The number of thiophene rings is 1. The van der Waals surface area contributed by atoms with Crippen molar-refractivity contribution in [2.75, 3.05) is 17.7 Å². The molecular formula is C23H25Cl2N5O5S2. The summed E-state index contributed by atoms with van der Waals surface area (Å²) in [6.07, 6.45) is -0.500. The first kappa shape index (κ1) is 28.8. The van der Waals surface area contributed by atoms with Gasteiger partial charge in [-0.2, -0.15) is 0 Å². The zero-order valence-electron chi connectivity index (χ0n) is 20.5. The number of nitrogens with one attached hydrogen (secondary N) is 1. The minimum atomic E-state index is -0.693. The van der Waals surface area contributed by atoms with Gasteiger partial charge in [-0.15, -0.1) is 21.5 Å². The van der Waals surface area contributed by atoms with Crippen molar-refractivity contribution < 1.29 is 23.9 Å². The van der Waals surface area contributed by atoms with Crippen LogP contribution in [0.1, 0.15) is 58.3 Å². The number of ether oxygens (including phenoxy) is 2. The molecule has 1 aromatic carbocycles. The number of nitrogens with two attached hydrogens (primary N) is 1.